The van der Waals surface area contributed by atoms with Crippen molar-refractivity contribution in [2.75, 3.05) is 16.3 Å². The molecule has 0 aliphatic carbocycles. The van der Waals surface area contributed by atoms with E-state index in [2.05, 4.69) is 30.8 Å². The summed E-state index contributed by atoms with van der Waals surface area (Å²) in [4.78, 5) is 0. The molecule has 2 N–H and O–H groups in total. The monoisotopic (exact) mass is 304 g/mol. The Kier molecular flexibility index (Phi) is 5.50. The first kappa shape index (κ1) is 16.1. The second-order valence-corrected chi connectivity index (χ2v) is 7.40. The fraction of sp³-hybridized carbons (Fsp3) is 0.538. The molecule has 19 heavy (non-hydrogen) atoms. The highest BCUT2D eigenvalue weighted by Crippen LogP contribution is 2.27. The van der Waals surface area contributed by atoms with Crippen LogP contribution in [0, 0.1) is 5.92 Å². The van der Waals surface area contributed by atoms with E-state index in [0.29, 0.717) is 16.6 Å². The summed E-state index contributed by atoms with van der Waals surface area (Å²) in [6, 6.07) is 5.30. The van der Waals surface area contributed by atoms with Crippen molar-refractivity contribution in [1.82, 2.24) is 0 Å². The van der Waals surface area contributed by atoms with E-state index in [0.717, 1.165) is 18.4 Å². The van der Waals surface area contributed by atoms with Gasteiger partial charge in [0.1, 0.15) is 0 Å². The van der Waals surface area contributed by atoms with E-state index in [1.54, 1.807) is 18.2 Å². The zero-order chi connectivity index (χ0) is 14.6. The van der Waals surface area contributed by atoms with Gasteiger partial charge in [-0.1, -0.05) is 25.4 Å². The van der Waals surface area contributed by atoms with Crippen LogP contribution in [0.3, 0.4) is 0 Å². The molecule has 1 unspecified atom stereocenters. The first-order valence-corrected chi connectivity index (χ1v) is 8.48. The lowest BCUT2D eigenvalue weighted by Crippen LogP contribution is -2.18. The molecule has 0 heterocycles. The van der Waals surface area contributed by atoms with E-state index < -0.39 is 10.0 Å². The normalized spacial score (nSPS) is 13.4. The van der Waals surface area contributed by atoms with Crippen molar-refractivity contribution in [3.63, 3.8) is 0 Å². The van der Waals surface area contributed by atoms with Gasteiger partial charge in [0.15, 0.2) is 0 Å². The fourth-order valence-corrected chi connectivity index (χ4v) is 2.67. The zero-order valence-electron chi connectivity index (χ0n) is 11.7. The first-order valence-electron chi connectivity index (χ1n) is 6.21. The van der Waals surface area contributed by atoms with Gasteiger partial charge in [0, 0.05) is 6.04 Å². The summed E-state index contributed by atoms with van der Waals surface area (Å²) in [7, 11) is -3.28. The Bertz CT molecular complexity index is 529. The van der Waals surface area contributed by atoms with Crippen molar-refractivity contribution < 1.29 is 8.42 Å². The number of anilines is 2. The minimum Gasteiger partial charge on any atom is -0.381 e. The van der Waals surface area contributed by atoms with Gasteiger partial charge in [-0.15, -0.1) is 0 Å². The van der Waals surface area contributed by atoms with E-state index in [4.69, 9.17) is 11.6 Å². The number of hydrogen-bond donors (Lipinski definition) is 2. The van der Waals surface area contributed by atoms with Crippen LogP contribution in [-0.4, -0.2) is 20.7 Å². The van der Waals surface area contributed by atoms with Crippen LogP contribution < -0.4 is 10.0 Å². The number of nitrogens with one attached hydrogen (secondary N) is 2. The quantitative estimate of drug-likeness (QED) is 0.845. The standard InChI is InChI=1S/C13H21ClN2O2S/c1-9(2)7-10(3)15-13-8-11(5-6-12(13)14)16-19(4,17)18/h5-6,8-10,15-16H,7H2,1-4H3. The van der Waals surface area contributed by atoms with Gasteiger partial charge in [0.2, 0.25) is 10.0 Å². The Morgan fingerprint density at radius 1 is 1.26 bits per heavy atom. The molecule has 4 nitrogen and oxygen atoms in total. The molecule has 6 heteroatoms. The predicted octanol–water partition coefficient (Wildman–Crippen LogP) is 3.56. The van der Waals surface area contributed by atoms with Crippen molar-refractivity contribution in [3.8, 4) is 0 Å². The number of rotatable bonds is 6. The molecule has 0 bridgehead atoms. The third kappa shape index (κ3) is 6.16. The number of halogens is 1. The highest BCUT2D eigenvalue weighted by molar-refractivity contribution is 7.92. The van der Waals surface area contributed by atoms with Crippen LogP contribution in [0.1, 0.15) is 27.2 Å². The van der Waals surface area contributed by atoms with Crippen LogP contribution in [0.2, 0.25) is 5.02 Å². The zero-order valence-corrected chi connectivity index (χ0v) is 13.3. The van der Waals surface area contributed by atoms with Crippen molar-refractivity contribution in [2.24, 2.45) is 5.92 Å². The van der Waals surface area contributed by atoms with Crippen molar-refractivity contribution in [3.05, 3.63) is 23.2 Å². The Hall–Kier alpha value is -0.940. The SMILES string of the molecule is CC(C)CC(C)Nc1cc(NS(C)(=O)=O)ccc1Cl. The summed E-state index contributed by atoms with van der Waals surface area (Å²) in [5.41, 5.74) is 1.25. The van der Waals surface area contributed by atoms with E-state index >= 15 is 0 Å². The molecule has 1 aromatic rings. The largest absolute Gasteiger partial charge is 0.381 e. The van der Waals surface area contributed by atoms with Crippen molar-refractivity contribution >= 4 is 33.0 Å². The maximum Gasteiger partial charge on any atom is 0.229 e. The molecule has 0 saturated carbocycles. The highest BCUT2D eigenvalue weighted by atomic mass is 35.5. The molecule has 0 radical (unpaired) electrons. The molecule has 0 amide bonds. The van der Waals surface area contributed by atoms with Gasteiger partial charge in [0.25, 0.3) is 0 Å². The summed E-state index contributed by atoms with van der Waals surface area (Å²) >= 11 is 6.11. The molecule has 0 saturated heterocycles. The van der Waals surface area contributed by atoms with Crippen LogP contribution in [0.4, 0.5) is 11.4 Å². The van der Waals surface area contributed by atoms with Gasteiger partial charge >= 0.3 is 0 Å². The lowest BCUT2D eigenvalue weighted by molar-refractivity contribution is 0.540. The summed E-state index contributed by atoms with van der Waals surface area (Å²) in [5.74, 6) is 0.582. The highest BCUT2D eigenvalue weighted by Gasteiger charge is 2.09. The Balaban J connectivity index is 2.85. The first-order chi connectivity index (χ1) is 8.67. The summed E-state index contributed by atoms with van der Waals surface area (Å²) in [5, 5.41) is 3.88. The minimum atomic E-state index is -3.28. The second-order valence-electron chi connectivity index (χ2n) is 5.24. The number of benzene rings is 1. The van der Waals surface area contributed by atoms with Gasteiger partial charge in [-0.2, -0.15) is 0 Å². The average molecular weight is 305 g/mol. The second kappa shape index (κ2) is 6.48. The van der Waals surface area contributed by atoms with E-state index in [-0.39, 0.29) is 6.04 Å². The topological polar surface area (TPSA) is 58.2 Å². The molecular formula is C13H21ClN2O2S. The molecule has 1 aromatic carbocycles. The van der Waals surface area contributed by atoms with Crippen LogP contribution in [0.25, 0.3) is 0 Å². The van der Waals surface area contributed by atoms with Crippen LogP contribution >= 0.6 is 11.6 Å². The van der Waals surface area contributed by atoms with E-state index in [1.807, 2.05) is 0 Å². The molecular weight excluding hydrogens is 284 g/mol. The maximum atomic E-state index is 11.2. The van der Waals surface area contributed by atoms with Crippen LogP contribution in [0.15, 0.2) is 18.2 Å². The molecule has 1 rings (SSSR count). The molecule has 108 valence electrons. The minimum absolute atomic E-state index is 0.269. The maximum absolute atomic E-state index is 11.2. The van der Waals surface area contributed by atoms with Crippen molar-refractivity contribution in [1.29, 1.82) is 0 Å². The third-order valence-corrected chi connectivity index (χ3v) is 3.43. The lowest BCUT2D eigenvalue weighted by atomic mass is 10.1. The van der Waals surface area contributed by atoms with Gasteiger partial charge in [-0.05, 0) is 37.5 Å². The van der Waals surface area contributed by atoms with Gasteiger partial charge in [-0.25, -0.2) is 8.42 Å². The Labute approximate surface area is 120 Å². The third-order valence-electron chi connectivity index (χ3n) is 2.50. The van der Waals surface area contributed by atoms with Crippen molar-refractivity contribution in [2.45, 2.75) is 33.2 Å². The molecule has 0 aliphatic rings. The predicted molar refractivity (Wildman–Crippen MR) is 82.5 cm³/mol. The Morgan fingerprint density at radius 2 is 1.89 bits per heavy atom. The number of sulfonamides is 1. The average Bonchev–Trinajstić information content (AvgIpc) is 2.19. The molecule has 0 aromatic heterocycles. The van der Waals surface area contributed by atoms with Crippen LogP contribution in [0.5, 0.6) is 0 Å². The summed E-state index contributed by atoms with van der Waals surface area (Å²) in [6.07, 6.45) is 2.14. The van der Waals surface area contributed by atoms with Gasteiger partial charge in [0.05, 0.1) is 22.7 Å². The van der Waals surface area contributed by atoms with E-state index in [1.165, 1.54) is 0 Å². The lowest BCUT2D eigenvalue weighted by Gasteiger charge is -2.19. The van der Waals surface area contributed by atoms with Gasteiger partial charge in [-0.3, -0.25) is 4.72 Å². The summed E-state index contributed by atoms with van der Waals surface area (Å²) < 4.78 is 24.8. The summed E-state index contributed by atoms with van der Waals surface area (Å²) in [6.45, 7) is 6.38. The Morgan fingerprint density at radius 3 is 2.42 bits per heavy atom. The molecule has 0 fully saturated rings. The fourth-order valence-electron chi connectivity index (χ4n) is 1.94. The number of hydrogen-bond acceptors (Lipinski definition) is 3. The molecule has 0 aliphatic heterocycles. The molecule has 0 spiro atoms. The smallest absolute Gasteiger partial charge is 0.229 e. The van der Waals surface area contributed by atoms with E-state index in [9.17, 15) is 8.42 Å². The molecule has 1 atom stereocenters. The van der Waals surface area contributed by atoms with Gasteiger partial charge < -0.3 is 5.32 Å². The van der Waals surface area contributed by atoms with Crippen LogP contribution in [-0.2, 0) is 10.0 Å².